The number of ether oxygens (including phenoxy) is 2. The van der Waals surface area contributed by atoms with E-state index in [2.05, 4.69) is 5.16 Å². The predicted molar refractivity (Wildman–Crippen MR) is 119 cm³/mol. The van der Waals surface area contributed by atoms with Crippen LogP contribution in [0.2, 0.25) is 10.0 Å². The number of nitrogens with zero attached hydrogens (tertiary/aromatic N) is 2. The van der Waals surface area contributed by atoms with Gasteiger partial charge in [-0.25, -0.2) is 8.42 Å². The number of sulfonamides is 1. The highest BCUT2D eigenvalue weighted by molar-refractivity contribution is 7.89. The first-order valence-corrected chi connectivity index (χ1v) is 11.6. The summed E-state index contributed by atoms with van der Waals surface area (Å²) in [6.45, 7) is 0.658. The summed E-state index contributed by atoms with van der Waals surface area (Å²) >= 11 is 12.0. The second kappa shape index (κ2) is 10.5. The van der Waals surface area contributed by atoms with Gasteiger partial charge in [0.2, 0.25) is 10.0 Å². The van der Waals surface area contributed by atoms with E-state index in [4.69, 9.17) is 37.2 Å². The molecule has 166 valence electrons. The first kappa shape index (κ1) is 23.6. The van der Waals surface area contributed by atoms with Crippen molar-refractivity contribution in [1.29, 1.82) is 0 Å². The van der Waals surface area contributed by atoms with Gasteiger partial charge < -0.3 is 14.0 Å². The van der Waals surface area contributed by atoms with E-state index in [-0.39, 0.29) is 28.0 Å². The smallest absolute Gasteiger partial charge is 0.243 e. The summed E-state index contributed by atoms with van der Waals surface area (Å²) in [6.07, 6.45) is 0.510. The second-order valence-electron chi connectivity index (χ2n) is 6.67. The molecule has 0 unspecified atom stereocenters. The molecule has 0 atom stereocenters. The molecule has 0 radical (unpaired) electrons. The molecule has 3 aromatic rings. The molecule has 0 bridgehead atoms. The number of hydrogen-bond donors (Lipinski definition) is 0. The van der Waals surface area contributed by atoms with E-state index in [0.29, 0.717) is 24.5 Å². The monoisotopic (exact) mass is 484 g/mol. The van der Waals surface area contributed by atoms with Crippen molar-refractivity contribution in [1.82, 2.24) is 9.46 Å². The van der Waals surface area contributed by atoms with Crippen LogP contribution in [0.5, 0.6) is 5.75 Å². The minimum atomic E-state index is -3.85. The van der Waals surface area contributed by atoms with Gasteiger partial charge in [-0.15, -0.1) is 0 Å². The fourth-order valence-corrected chi connectivity index (χ4v) is 4.75. The third-order valence-electron chi connectivity index (χ3n) is 4.56. The van der Waals surface area contributed by atoms with Gasteiger partial charge in [0.1, 0.15) is 11.4 Å². The molecule has 1 heterocycles. The van der Waals surface area contributed by atoms with E-state index in [1.54, 1.807) is 20.3 Å². The molecule has 0 aliphatic heterocycles. The molecule has 2 aromatic carbocycles. The van der Waals surface area contributed by atoms with Crippen molar-refractivity contribution < 1.29 is 22.4 Å². The van der Waals surface area contributed by atoms with E-state index in [1.165, 1.54) is 22.5 Å². The Hall–Kier alpha value is -2.10. The van der Waals surface area contributed by atoms with Gasteiger partial charge in [0, 0.05) is 31.9 Å². The molecule has 7 nitrogen and oxygen atoms in total. The lowest BCUT2D eigenvalue weighted by atomic mass is 10.1. The van der Waals surface area contributed by atoms with Crippen LogP contribution in [0.4, 0.5) is 0 Å². The molecule has 0 aliphatic carbocycles. The van der Waals surface area contributed by atoms with Gasteiger partial charge in [-0.2, -0.15) is 4.31 Å². The summed E-state index contributed by atoms with van der Waals surface area (Å²) in [5.74, 6) is 1.14. The average molecular weight is 485 g/mol. The van der Waals surface area contributed by atoms with Crippen molar-refractivity contribution in [2.45, 2.75) is 17.9 Å². The molecule has 0 aliphatic rings. The highest BCUT2D eigenvalue weighted by Gasteiger charge is 2.26. The summed E-state index contributed by atoms with van der Waals surface area (Å²) in [5.41, 5.74) is 1.43. The van der Waals surface area contributed by atoms with Gasteiger partial charge in [-0.1, -0.05) is 28.4 Å². The Morgan fingerprint density at radius 3 is 2.42 bits per heavy atom. The Morgan fingerprint density at radius 1 is 1.03 bits per heavy atom. The molecule has 31 heavy (non-hydrogen) atoms. The Labute approximate surface area is 191 Å². The van der Waals surface area contributed by atoms with Gasteiger partial charge in [0.05, 0.1) is 28.6 Å². The molecule has 10 heteroatoms. The first-order valence-electron chi connectivity index (χ1n) is 9.39. The maximum Gasteiger partial charge on any atom is 0.243 e. The number of hydrogen-bond acceptors (Lipinski definition) is 6. The molecule has 0 spiro atoms. The van der Waals surface area contributed by atoms with Crippen LogP contribution in [0.25, 0.3) is 11.3 Å². The molecule has 0 saturated carbocycles. The summed E-state index contributed by atoms with van der Waals surface area (Å²) in [4.78, 5) is 0.0502. The zero-order valence-corrected chi connectivity index (χ0v) is 19.4. The van der Waals surface area contributed by atoms with E-state index in [0.717, 1.165) is 11.3 Å². The van der Waals surface area contributed by atoms with Crippen molar-refractivity contribution in [3.05, 3.63) is 64.3 Å². The van der Waals surface area contributed by atoms with Gasteiger partial charge >= 0.3 is 0 Å². The van der Waals surface area contributed by atoms with Crippen LogP contribution in [-0.4, -0.2) is 45.3 Å². The zero-order valence-electron chi connectivity index (χ0n) is 17.0. The molecule has 0 fully saturated rings. The van der Waals surface area contributed by atoms with Crippen LogP contribution < -0.4 is 4.74 Å². The van der Waals surface area contributed by atoms with Crippen LogP contribution in [0.15, 0.2) is 57.9 Å². The zero-order chi connectivity index (χ0) is 22.4. The minimum Gasteiger partial charge on any atom is -0.497 e. The van der Waals surface area contributed by atoms with Crippen molar-refractivity contribution >= 4 is 33.2 Å². The average Bonchev–Trinajstić information content (AvgIpc) is 3.23. The number of aromatic nitrogens is 1. The molecule has 0 amide bonds. The quantitative estimate of drug-likeness (QED) is 0.381. The lowest BCUT2D eigenvalue weighted by molar-refractivity contribution is 0.185. The summed E-state index contributed by atoms with van der Waals surface area (Å²) in [7, 11) is -0.695. The Morgan fingerprint density at radius 2 is 1.77 bits per heavy atom. The minimum absolute atomic E-state index is 0.00937. The third kappa shape index (κ3) is 5.78. The third-order valence-corrected chi connectivity index (χ3v) is 7.14. The van der Waals surface area contributed by atoms with E-state index < -0.39 is 10.0 Å². The van der Waals surface area contributed by atoms with Crippen LogP contribution in [0, 0.1) is 0 Å². The van der Waals surface area contributed by atoms with Gasteiger partial charge in [-0.05, 0) is 48.9 Å². The highest BCUT2D eigenvalue weighted by Crippen LogP contribution is 2.28. The Balaban J connectivity index is 1.85. The van der Waals surface area contributed by atoms with Gasteiger partial charge in [0.15, 0.2) is 5.76 Å². The summed E-state index contributed by atoms with van der Waals surface area (Å²) in [6, 6.07) is 13.3. The van der Waals surface area contributed by atoms with E-state index in [9.17, 15) is 8.42 Å². The Bertz CT molecular complexity index is 1120. The first-order chi connectivity index (χ1) is 14.8. The standard InChI is InChI=1S/C21H22Cl2N2O5S/c1-28-11-3-10-25(31(26,27)18-8-9-19(22)20(23)13-18)14-17-12-21(24-30-17)15-4-6-16(29-2)7-5-15/h4-9,12-13H,3,10-11,14H2,1-2H3. The van der Waals surface area contributed by atoms with Crippen LogP contribution >= 0.6 is 23.2 Å². The number of benzene rings is 2. The van der Waals surface area contributed by atoms with Crippen LogP contribution in [-0.2, 0) is 21.3 Å². The number of halogens is 2. The SMILES string of the molecule is COCCCN(Cc1cc(-c2ccc(OC)cc2)no1)S(=O)(=O)c1ccc(Cl)c(Cl)c1. The van der Waals surface area contributed by atoms with Gasteiger partial charge in [-0.3, -0.25) is 0 Å². The lowest BCUT2D eigenvalue weighted by Gasteiger charge is -2.21. The van der Waals surface area contributed by atoms with E-state index in [1.807, 2.05) is 24.3 Å². The topological polar surface area (TPSA) is 81.9 Å². The normalized spacial score (nSPS) is 11.8. The van der Waals surface area contributed by atoms with Crippen LogP contribution in [0.1, 0.15) is 12.2 Å². The van der Waals surface area contributed by atoms with E-state index >= 15 is 0 Å². The fraction of sp³-hybridized carbons (Fsp3) is 0.286. The van der Waals surface area contributed by atoms with Crippen molar-refractivity contribution in [2.75, 3.05) is 27.4 Å². The summed E-state index contributed by atoms with van der Waals surface area (Å²) < 4.78 is 43.5. The largest absolute Gasteiger partial charge is 0.497 e. The number of rotatable bonds is 10. The molecular formula is C21H22Cl2N2O5S. The molecule has 1 aromatic heterocycles. The summed E-state index contributed by atoms with van der Waals surface area (Å²) in [5, 5.41) is 4.52. The molecule has 0 saturated heterocycles. The highest BCUT2D eigenvalue weighted by atomic mass is 35.5. The van der Waals surface area contributed by atoms with Crippen molar-refractivity contribution in [2.24, 2.45) is 0 Å². The lowest BCUT2D eigenvalue weighted by Crippen LogP contribution is -2.32. The number of methoxy groups -OCH3 is 2. The maximum absolute atomic E-state index is 13.2. The Kier molecular flexibility index (Phi) is 7.96. The molecular weight excluding hydrogens is 463 g/mol. The maximum atomic E-state index is 13.2. The predicted octanol–water partition coefficient (Wildman–Crippen LogP) is 4.88. The van der Waals surface area contributed by atoms with Crippen LogP contribution in [0.3, 0.4) is 0 Å². The fourth-order valence-electron chi connectivity index (χ4n) is 2.91. The molecule has 3 rings (SSSR count). The van der Waals surface area contributed by atoms with Crippen molar-refractivity contribution in [3.63, 3.8) is 0 Å². The van der Waals surface area contributed by atoms with Crippen molar-refractivity contribution in [3.8, 4) is 17.0 Å². The van der Waals surface area contributed by atoms with Gasteiger partial charge in [0.25, 0.3) is 0 Å². The second-order valence-corrected chi connectivity index (χ2v) is 9.42. The molecule has 0 N–H and O–H groups in total.